The molecule has 6 heteroatoms. The first kappa shape index (κ1) is 16.6. The summed E-state index contributed by atoms with van der Waals surface area (Å²) in [7, 11) is 0. The van der Waals surface area contributed by atoms with Gasteiger partial charge < -0.3 is 16.0 Å². The zero-order valence-corrected chi connectivity index (χ0v) is 13.4. The van der Waals surface area contributed by atoms with Crippen LogP contribution in [0.4, 0.5) is 11.4 Å². The number of H-pyrrole nitrogens is 1. The third-order valence-electron chi connectivity index (χ3n) is 3.43. The van der Waals surface area contributed by atoms with Crippen molar-refractivity contribution in [3.8, 4) is 11.4 Å². The number of carbonyl (C=O) groups is 1. The second-order valence-electron chi connectivity index (χ2n) is 5.04. The number of anilines is 2. The van der Waals surface area contributed by atoms with Gasteiger partial charge in [0.05, 0.1) is 0 Å². The number of aromatic amines is 1. The summed E-state index contributed by atoms with van der Waals surface area (Å²) in [5, 5.41) is 2.93. The minimum absolute atomic E-state index is 0. The van der Waals surface area contributed by atoms with E-state index in [1.54, 1.807) is 36.7 Å². The number of hydrogen-bond acceptors (Lipinski definition) is 3. The largest absolute Gasteiger partial charge is 0.399 e. The summed E-state index contributed by atoms with van der Waals surface area (Å²) in [6.07, 6.45) is 3.46. The predicted molar refractivity (Wildman–Crippen MR) is 94.8 cm³/mol. The van der Waals surface area contributed by atoms with Gasteiger partial charge in [-0.15, -0.1) is 12.4 Å². The lowest BCUT2D eigenvalue weighted by Gasteiger charge is -2.10. The number of rotatable bonds is 3. The summed E-state index contributed by atoms with van der Waals surface area (Å²) in [4.78, 5) is 19.6. The summed E-state index contributed by atoms with van der Waals surface area (Å²) in [5.41, 5.74) is 9.50. The summed E-state index contributed by atoms with van der Waals surface area (Å²) >= 11 is 0. The molecule has 0 aliphatic heterocycles. The van der Waals surface area contributed by atoms with Gasteiger partial charge in [-0.3, -0.25) is 4.79 Å². The molecule has 0 radical (unpaired) electrons. The fourth-order valence-corrected chi connectivity index (χ4v) is 2.16. The van der Waals surface area contributed by atoms with Crippen LogP contribution in [0.25, 0.3) is 11.4 Å². The standard InChI is InChI=1S/C17H16N4O.ClH/c1-11-2-3-13(16-19-8-9-20-16)10-15(11)21-17(22)12-4-6-14(18)7-5-12;/h2-10H,18H2,1H3,(H,19,20)(H,21,22);1H. The molecule has 0 aliphatic rings. The Bertz CT molecular complexity index is 798. The van der Waals surface area contributed by atoms with Crippen LogP contribution in [-0.2, 0) is 0 Å². The van der Waals surface area contributed by atoms with Crippen LogP contribution < -0.4 is 11.1 Å². The fraction of sp³-hybridized carbons (Fsp3) is 0.0588. The molecule has 1 amide bonds. The second kappa shape index (κ2) is 6.98. The van der Waals surface area contributed by atoms with Gasteiger partial charge in [-0.2, -0.15) is 0 Å². The molecule has 0 bridgehead atoms. The molecule has 0 atom stereocenters. The Labute approximate surface area is 140 Å². The van der Waals surface area contributed by atoms with Crippen LogP contribution in [0.15, 0.2) is 54.9 Å². The minimum Gasteiger partial charge on any atom is -0.399 e. The highest BCUT2D eigenvalue weighted by molar-refractivity contribution is 6.05. The first-order chi connectivity index (χ1) is 10.6. The first-order valence-electron chi connectivity index (χ1n) is 6.91. The van der Waals surface area contributed by atoms with Crippen molar-refractivity contribution < 1.29 is 4.79 Å². The number of amides is 1. The molecule has 0 unspecified atom stereocenters. The third-order valence-corrected chi connectivity index (χ3v) is 3.43. The number of nitrogen functional groups attached to an aromatic ring is 1. The maximum Gasteiger partial charge on any atom is 0.255 e. The first-order valence-corrected chi connectivity index (χ1v) is 6.91. The van der Waals surface area contributed by atoms with E-state index in [1.807, 2.05) is 25.1 Å². The van der Waals surface area contributed by atoms with E-state index in [1.165, 1.54) is 0 Å². The number of carbonyl (C=O) groups excluding carboxylic acids is 1. The van der Waals surface area contributed by atoms with E-state index >= 15 is 0 Å². The highest BCUT2D eigenvalue weighted by atomic mass is 35.5. The van der Waals surface area contributed by atoms with Gasteiger partial charge in [0.15, 0.2) is 0 Å². The summed E-state index contributed by atoms with van der Waals surface area (Å²) in [5.74, 6) is 0.600. The Hall–Kier alpha value is -2.79. The van der Waals surface area contributed by atoms with E-state index < -0.39 is 0 Å². The Balaban J connectivity index is 0.00000192. The fourth-order valence-electron chi connectivity index (χ4n) is 2.16. The van der Waals surface area contributed by atoms with Gasteiger partial charge in [0, 0.05) is 34.9 Å². The van der Waals surface area contributed by atoms with Crippen LogP contribution in [0.2, 0.25) is 0 Å². The highest BCUT2D eigenvalue weighted by Crippen LogP contribution is 2.23. The summed E-state index contributed by atoms with van der Waals surface area (Å²) < 4.78 is 0. The molecule has 118 valence electrons. The number of nitrogens with one attached hydrogen (secondary N) is 2. The molecule has 23 heavy (non-hydrogen) atoms. The van der Waals surface area contributed by atoms with Gasteiger partial charge in [-0.05, 0) is 42.8 Å². The molecule has 4 N–H and O–H groups in total. The molecule has 0 fully saturated rings. The average Bonchev–Trinajstić information content (AvgIpc) is 3.04. The smallest absolute Gasteiger partial charge is 0.255 e. The molecule has 5 nitrogen and oxygen atoms in total. The Morgan fingerprint density at radius 3 is 2.57 bits per heavy atom. The number of halogens is 1. The molecule has 2 aromatic carbocycles. The van der Waals surface area contributed by atoms with Crippen molar-refractivity contribution >= 4 is 29.7 Å². The lowest BCUT2D eigenvalue weighted by atomic mass is 10.1. The van der Waals surface area contributed by atoms with Crippen LogP contribution in [0.3, 0.4) is 0 Å². The normalized spacial score (nSPS) is 9.96. The number of aryl methyl sites for hydroxylation is 1. The van der Waals surface area contributed by atoms with E-state index in [0.717, 1.165) is 22.6 Å². The van der Waals surface area contributed by atoms with E-state index in [9.17, 15) is 4.79 Å². The highest BCUT2D eigenvalue weighted by Gasteiger charge is 2.09. The lowest BCUT2D eigenvalue weighted by Crippen LogP contribution is -2.12. The van der Waals surface area contributed by atoms with Gasteiger partial charge in [-0.25, -0.2) is 4.98 Å². The molecule has 0 saturated carbocycles. The Morgan fingerprint density at radius 1 is 1.17 bits per heavy atom. The van der Waals surface area contributed by atoms with Crippen LogP contribution in [0, 0.1) is 6.92 Å². The molecular weight excluding hydrogens is 312 g/mol. The predicted octanol–water partition coefficient (Wildman–Crippen LogP) is 3.64. The maximum atomic E-state index is 12.3. The van der Waals surface area contributed by atoms with Crippen LogP contribution >= 0.6 is 12.4 Å². The molecule has 3 rings (SSSR count). The maximum absolute atomic E-state index is 12.3. The second-order valence-corrected chi connectivity index (χ2v) is 5.04. The quantitative estimate of drug-likeness (QED) is 0.642. The van der Waals surface area contributed by atoms with E-state index in [0.29, 0.717) is 11.3 Å². The molecule has 0 aliphatic carbocycles. The molecule has 0 saturated heterocycles. The molecule has 0 spiro atoms. The van der Waals surface area contributed by atoms with Crippen molar-refractivity contribution in [3.63, 3.8) is 0 Å². The number of benzene rings is 2. The van der Waals surface area contributed by atoms with Crippen molar-refractivity contribution in [1.82, 2.24) is 9.97 Å². The van der Waals surface area contributed by atoms with Crippen LogP contribution in [0.5, 0.6) is 0 Å². The minimum atomic E-state index is -0.167. The molecule has 1 heterocycles. The number of imidazole rings is 1. The van der Waals surface area contributed by atoms with E-state index in [4.69, 9.17) is 5.73 Å². The third kappa shape index (κ3) is 3.70. The molecule has 3 aromatic rings. The number of hydrogen-bond donors (Lipinski definition) is 3. The molecular formula is C17H17ClN4O. The number of nitrogens with two attached hydrogens (primary N) is 1. The van der Waals surface area contributed by atoms with Crippen molar-refractivity contribution in [2.24, 2.45) is 0 Å². The van der Waals surface area contributed by atoms with E-state index in [-0.39, 0.29) is 18.3 Å². The van der Waals surface area contributed by atoms with Crippen molar-refractivity contribution in [3.05, 3.63) is 66.0 Å². The van der Waals surface area contributed by atoms with Crippen LogP contribution in [-0.4, -0.2) is 15.9 Å². The van der Waals surface area contributed by atoms with Gasteiger partial charge in [0.2, 0.25) is 0 Å². The summed E-state index contributed by atoms with van der Waals surface area (Å²) in [6, 6.07) is 12.7. The number of nitrogens with zero attached hydrogens (tertiary/aromatic N) is 1. The van der Waals surface area contributed by atoms with Crippen molar-refractivity contribution in [2.45, 2.75) is 6.92 Å². The zero-order valence-electron chi connectivity index (χ0n) is 12.5. The number of aromatic nitrogens is 2. The monoisotopic (exact) mass is 328 g/mol. The van der Waals surface area contributed by atoms with E-state index in [2.05, 4.69) is 15.3 Å². The topological polar surface area (TPSA) is 83.8 Å². The average molecular weight is 329 g/mol. The molecule has 1 aromatic heterocycles. The lowest BCUT2D eigenvalue weighted by molar-refractivity contribution is 0.102. The Morgan fingerprint density at radius 2 is 1.91 bits per heavy atom. The van der Waals surface area contributed by atoms with Gasteiger partial charge in [0.1, 0.15) is 5.82 Å². The Kier molecular flexibility index (Phi) is 5.03. The summed E-state index contributed by atoms with van der Waals surface area (Å²) in [6.45, 7) is 1.95. The van der Waals surface area contributed by atoms with Crippen molar-refractivity contribution in [1.29, 1.82) is 0 Å². The zero-order chi connectivity index (χ0) is 15.5. The SMILES string of the molecule is Cc1ccc(-c2ncc[nH]2)cc1NC(=O)c1ccc(N)cc1.Cl. The van der Waals surface area contributed by atoms with Crippen LogP contribution in [0.1, 0.15) is 15.9 Å². The van der Waals surface area contributed by atoms with Gasteiger partial charge in [-0.1, -0.05) is 12.1 Å². The van der Waals surface area contributed by atoms with Gasteiger partial charge in [0.25, 0.3) is 5.91 Å². The van der Waals surface area contributed by atoms with Crippen molar-refractivity contribution in [2.75, 3.05) is 11.1 Å². The van der Waals surface area contributed by atoms with Gasteiger partial charge >= 0.3 is 0 Å².